The van der Waals surface area contributed by atoms with Gasteiger partial charge in [-0.25, -0.2) is 8.78 Å². The number of hydrogen-bond donors (Lipinski definition) is 1. The van der Waals surface area contributed by atoms with Crippen LogP contribution in [0.1, 0.15) is 38.8 Å². The molecule has 1 N–H and O–H groups in total. The maximum absolute atomic E-state index is 13.2. The first-order valence-corrected chi connectivity index (χ1v) is 11.2. The molecule has 0 heterocycles. The van der Waals surface area contributed by atoms with Gasteiger partial charge in [-0.2, -0.15) is 0 Å². The third kappa shape index (κ3) is 8.89. The summed E-state index contributed by atoms with van der Waals surface area (Å²) in [6.45, 7) is 7.14. The predicted octanol–water partition coefficient (Wildman–Crippen LogP) is 8.33. The topological polar surface area (TPSA) is 20.2 Å². The molecule has 164 valence electrons. The molecule has 0 bridgehead atoms. The first-order valence-electron chi connectivity index (χ1n) is 9.34. The molecular weight excluding hydrogens is 493 g/mol. The minimum Gasteiger partial charge on any atom is -0.389 e. The Bertz CT molecular complexity index is 784. The van der Waals surface area contributed by atoms with Crippen molar-refractivity contribution in [1.82, 2.24) is 0 Å². The van der Waals surface area contributed by atoms with E-state index in [1.807, 2.05) is 64.1 Å². The predicted molar refractivity (Wildman–Crippen MR) is 128 cm³/mol. The lowest BCUT2D eigenvalue weighted by Crippen LogP contribution is -2.14. The van der Waals surface area contributed by atoms with Crippen LogP contribution in [0, 0.1) is 0 Å². The average Bonchev–Trinajstić information content (AvgIpc) is 2.68. The summed E-state index contributed by atoms with van der Waals surface area (Å²) >= 11 is 14.7. The van der Waals surface area contributed by atoms with Crippen LogP contribution in [0.5, 0.6) is 0 Å². The second kappa shape index (κ2) is 12.0. The summed E-state index contributed by atoms with van der Waals surface area (Å²) in [7, 11) is 0. The van der Waals surface area contributed by atoms with Crippen LogP contribution in [-0.2, 0) is 10.8 Å². The van der Waals surface area contributed by atoms with Gasteiger partial charge in [0, 0.05) is 20.9 Å². The van der Waals surface area contributed by atoms with E-state index in [0.29, 0.717) is 10.0 Å². The highest BCUT2D eigenvalue weighted by atomic mass is 79.9. The molecule has 0 fully saturated rings. The quantitative estimate of drug-likeness (QED) is 0.380. The number of aliphatic hydroxyl groups excluding tert-OH is 1. The number of alkyl halides is 1. The third-order valence-corrected chi connectivity index (χ3v) is 5.53. The fourth-order valence-corrected chi connectivity index (χ4v) is 3.21. The van der Waals surface area contributed by atoms with Crippen molar-refractivity contribution in [2.75, 3.05) is 11.9 Å². The molecule has 0 amide bonds. The summed E-state index contributed by atoms with van der Waals surface area (Å²) in [4.78, 5) is 0. The molecule has 0 aromatic heterocycles. The summed E-state index contributed by atoms with van der Waals surface area (Å²) < 4.78 is 26.2. The molecule has 0 spiro atoms. The van der Waals surface area contributed by atoms with Gasteiger partial charge in [0.2, 0.25) is 0 Å². The molecule has 0 aliphatic carbocycles. The molecule has 0 aliphatic heterocycles. The normalized spacial score (nSPS) is 13.0. The summed E-state index contributed by atoms with van der Waals surface area (Å²) in [5.41, 5.74) is 1.23. The minimum atomic E-state index is -0.559. The number of halogens is 5. The lowest BCUT2D eigenvalue weighted by atomic mass is 9.84. The highest BCUT2D eigenvalue weighted by molar-refractivity contribution is 9.09. The van der Waals surface area contributed by atoms with E-state index in [2.05, 4.69) is 15.9 Å². The zero-order chi connectivity index (χ0) is 22.9. The molecule has 2 aromatic rings. The third-order valence-electron chi connectivity index (χ3n) is 4.49. The standard InChI is InChI=1S/C12H13BrClF.C12H14ClFO/c1-12(2,7-11(15)8-13)9-3-5-10(14)6-4-9;1-12(2,7-11(14)8-15)9-3-5-10(13)6-4-9/h3-7H,8H2,1-2H3;3-7,15H,8H2,1-2H3/b2*11-7-. The lowest BCUT2D eigenvalue weighted by molar-refractivity contribution is 0.295. The minimum absolute atomic E-state index is 0.157. The number of allylic oxidation sites excluding steroid dienone is 3. The van der Waals surface area contributed by atoms with Gasteiger partial charge in [0.25, 0.3) is 0 Å². The van der Waals surface area contributed by atoms with Crippen molar-refractivity contribution in [3.8, 4) is 0 Å². The van der Waals surface area contributed by atoms with Crippen LogP contribution >= 0.6 is 39.1 Å². The lowest BCUT2D eigenvalue weighted by Gasteiger charge is -2.21. The Kier molecular flexibility index (Phi) is 10.7. The van der Waals surface area contributed by atoms with Gasteiger partial charge in [-0.1, -0.05) is 91.1 Å². The van der Waals surface area contributed by atoms with Crippen LogP contribution in [0.15, 0.2) is 72.3 Å². The average molecular weight is 520 g/mol. The van der Waals surface area contributed by atoms with Crippen LogP contribution in [0.4, 0.5) is 8.78 Å². The first kappa shape index (κ1) is 26.8. The van der Waals surface area contributed by atoms with E-state index < -0.39 is 17.8 Å². The molecule has 6 heteroatoms. The zero-order valence-corrected chi connectivity index (χ0v) is 20.6. The maximum Gasteiger partial charge on any atom is 0.122 e. The molecule has 0 aliphatic rings. The SMILES string of the molecule is CC(C)(/C=C(\F)CBr)c1ccc(Cl)cc1.CC(C)(/C=C(\F)CO)c1ccc(Cl)cc1. The van der Waals surface area contributed by atoms with Crippen LogP contribution in [0.3, 0.4) is 0 Å². The Morgan fingerprint density at radius 1 is 0.800 bits per heavy atom. The second-order valence-corrected chi connectivity index (χ2v) is 9.36. The van der Waals surface area contributed by atoms with E-state index in [9.17, 15) is 8.78 Å². The van der Waals surface area contributed by atoms with Crippen molar-refractivity contribution in [2.24, 2.45) is 0 Å². The van der Waals surface area contributed by atoms with E-state index in [1.54, 1.807) is 18.2 Å². The van der Waals surface area contributed by atoms with Gasteiger partial charge in [-0.15, -0.1) is 0 Å². The van der Waals surface area contributed by atoms with Gasteiger partial charge in [-0.05, 0) is 47.5 Å². The smallest absolute Gasteiger partial charge is 0.122 e. The number of aliphatic hydroxyl groups is 1. The molecule has 2 rings (SSSR count). The zero-order valence-electron chi connectivity index (χ0n) is 17.5. The van der Waals surface area contributed by atoms with Gasteiger partial charge in [0.1, 0.15) is 11.7 Å². The Morgan fingerprint density at radius 3 is 1.43 bits per heavy atom. The van der Waals surface area contributed by atoms with E-state index in [1.165, 1.54) is 6.08 Å². The van der Waals surface area contributed by atoms with E-state index in [4.69, 9.17) is 28.3 Å². The molecule has 0 saturated heterocycles. The molecule has 1 nitrogen and oxygen atoms in total. The van der Waals surface area contributed by atoms with Gasteiger partial charge in [0.05, 0.1) is 11.9 Å². The monoisotopic (exact) mass is 518 g/mol. The van der Waals surface area contributed by atoms with E-state index >= 15 is 0 Å². The van der Waals surface area contributed by atoms with E-state index in [-0.39, 0.29) is 16.6 Å². The molecule has 0 saturated carbocycles. The summed E-state index contributed by atoms with van der Waals surface area (Å²) in [6, 6.07) is 14.7. The highest BCUT2D eigenvalue weighted by Crippen LogP contribution is 2.28. The summed E-state index contributed by atoms with van der Waals surface area (Å²) in [5, 5.41) is 10.2. The first-order chi connectivity index (χ1) is 13.9. The van der Waals surface area contributed by atoms with E-state index in [0.717, 1.165) is 11.1 Å². The molecule has 0 radical (unpaired) electrons. The van der Waals surface area contributed by atoms with Crippen molar-refractivity contribution in [1.29, 1.82) is 0 Å². The van der Waals surface area contributed by atoms with Gasteiger partial charge < -0.3 is 5.11 Å². The van der Waals surface area contributed by atoms with Gasteiger partial charge in [0.15, 0.2) is 0 Å². The fraction of sp³-hybridized carbons (Fsp3) is 0.333. The largest absolute Gasteiger partial charge is 0.389 e. The van der Waals surface area contributed by atoms with Crippen molar-refractivity contribution >= 4 is 39.1 Å². The molecule has 0 unspecified atom stereocenters. The second-order valence-electron chi connectivity index (χ2n) is 7.93. The van der Waals surface area contributed by atoms with Crippen LogP contribution in [0.2, 0.25) is 10.0 Å². The maximum atomic E-state index is 13.2. The van der Waals surface area contributed by atoms with Crippen molar-refractivity contribution in [3.05, 3.63) is 93.5 Å². The van der Waals surface area contributed by atoms with Crippen LogP contribution < -0.4 is 0 Å². The number of benzene rings is 2. The Hall–Kier alpha value is -1.20. The Labute approximate surface area is 196 Å². The van der Waals surface area contributed by atoms with Crippen molar-refractivity contribution < 1.29 is 13.9 Å². The van der Waals surface area contributed by atoms with Crippen molar-refractivity contribution in [3.63, 3.8) is 0 Å². The number of rotatable bonds is 6. The van der Waals surface area contributed by atoms with Crippen LogP contribution in [0.25, 0.3) is 0 Å². The van der Waals surface area contributed by atoms with Gasteiger partial charge in [-0.3, -0.25) is 0 Å². The molecule has 0 atom stereocenters. The van der Waals surface area contributed by atoms with Crippen LogP contribution in [-0.4, -0.2) is 17.0 Å². The summed E-state index contributed by atoms with van der Waals surface area (Å²) in [5.74, 6) is -0.676. The molecule has 2 aromatic carbocycles. The molecule has 30 heavy (non-hydrogen) atoms. The molecular formula is C24H27BrCl2F2O. The highest BCUT2D eigenvalue weighted by Gasteiger charge is 2.19. The fourth-order valence-electron chi connectivity index (χ4n) is 2.79. The Morgan fingerprint density at radius 2 is 1.13 bits per heavy atom. The summed E-state index contributed by atoms with van der Waals surface area (Å²) in [6.07, 6.45) is 3.03. The van der Waals surface area contributed by atoms with Crippen molar-refractivity contribution in [2.45, 2.75) is 38.5 Å². The number of hydrogen-bond acceptors (Lipinski definition) is 1. The Balaban J connectivity index is 0.000000300. The van der Waals surface area contributed by atoms with Gasteiger partial charge >= 0.3 is 0 Å².